The predicted octanol–water partition coefficient (Wildman–Crippen LogP) is 5.19. The lowest BCUT2D eigenvalue weighted by molar-refractivity contribution is 0.0916. The van der Waals surface area contributed by atoms with Gasteiger partial charge in [-0.3, -0.25) is 9.59 Å². The van der Waals surface area contributed by atoms with Crippen molar-refractivity contribution in [2.75, 3.05) is 6.61 Å². The monoisotopic (exact) mass is 521 g/mol. The van der Waals surface area contributed by atoms with Crippen molar-refractivity contribution in [3.05, 3.63) is 131 Å². The number of aliphatic hydroxyl groups is 1. The second-order valence-electron chi connectivity index (χ2n) is 9.25. The Bertz CT molecular complexity index is 1500. The van der Waals surface area contributed by atoms with E-state index in [1.54, 1.807) is 55.5 Å². The maximum atomic E-state index is 13.3. The summed E-state index contributed by atoms with van der Waals surface area (Å²) in [5, 5.41) is 25.3. The van der Waals surface area contributed by atoms with Crippen molar-refractivity contribution < 1.29 is 19.1 Å². The Kier molecular flexibility index (Phi) is 8.82. The second kappa shape index (κ2) is 12.6. The van der Waals surface area contributed by atoms with Crippen LogP contribution in [0.4, 0.5) is 4.39 Å². The van der Waals surface area contributed by atoms with E-state index in [0.717, 1.165) is 11.1 Å². The molecule has 0 radical (unpaired) electrons. The van der Waals surface area contributed by atoms with E-state index in [4.69, 9.17) is 0 Å². The fourth-order valence-electron chi connectivity index (χ4n) is 4.32. The average molecular weight is 522 g/mol. The summed E-state index contributed by atoms with van der Waals surface area (Å²) in [4.78, 5) is 26.6. The van der Waals surface area contributed by atoms with E-state index < -0.39 is 23.9 Å². The van der Waals surface area contributed by atoms with Crippen LogP contribution in [0.1, 0.15) is 50.4 Å². The van der Waals surface area contributed by atoms with Gasteiger partial charge in [-0.25, -0.2) is 4.39 Å². The third-order valence-electron chi connectivity index (χ3n) is 6.41. The summed E-state index contributed by atoms with van der Waals surface area (Å²) in [6.07, 6.45) is 0.433. The highest BCUT2D eigenvalue weighted by Gasteiger charge is 2.19. The van der Waals surface area contributed by atoms with Crippen LogP contribution < -0.4 is 10.6 Å². The molecular weight excluding hydrogens is 493 g/mol. The first-order valence-electron chi connectivity index (χ1n) is 12.5. The van der Waals surface area contributed by atoms with Crippen LogP contribution in [0.3, 0.4) is 0 Å². The molecule has 0 fully saturated rings. The lowest BCUT2D eigenvalue weighted by Crippen LogP contribution is -2.39. The number of halogens is 1. The first-order valence-corrected chi connectivity index (χ1v) is 12.5. The maximum absolute atomic E-state index is 13.3. The number of rotatable bonds is 9. The highest BCUT2D eigenvalue weighted by Crippen LogP contribution is 2.26. The average Bonchev–Trinajstić information content (AvgIpc) is 2.97. The molecule has 0 aliphatic rings. The molecule has 7 heteroatoms. The molecule has 4 aromatic carbocycles. The number of carbonyl (C=O) groups excluding carboxylic acids is 2. The summed E-state index contributed by atoms with van der Waals surface area (Å²) in [6, 6.07) is 28.2. The van der Waals surface area contributed by atoms with Gasteiger partial charge >= 0.3 is 0 Å². The van der Waals surface area contributed by atoms with Gasteiger partial charge < -0.3 is 15.7 Å². The van der Waals surface area contributed by atoms with Gasteiger partial charge in [0.05, 0.1) is 30.3 Å². The number of amides is 2. The highest BCUT2D eigenvalue weighted by atomic mass is 19.1. The van der Waals surface area contributed by atoms with Crippen molar-refractivity contribution in [2.45, 2.75) is 25.4 Å². The van der Waals surface area contributed by atoms with Gasteiger partial charge in [0.2, 0.25) is 0 Å². The molecule has 0 aromatic heterocycles. The normalized spacial score (nSPS) is 12.2. The fraction of sp³-hybridized carbons (Fsp3) is 0.156. The Hall–Kier alpha value is -4.80. The largest absolute Gasteiger partial charge is 0.394 e. The molecule has 4 aromatic rings. The van der Waals surface area contributed by atoms with Crippen LogP contribution in [-0.2, 0) is 6.42 Å². The standard InChI is InChI=1S/C32H28FN3O3/c1-21(23-11-13-28(33)14-12-23)35-31(38)26-16-25(30-10-6-5-9-24(30)19-34)17-27(18-26)32(39)36-29(20-37)15-22-7-3-2-4-8-22/h2-14,16-18,21,29,37H,15,20H2,1H3,(H,35,38)(H,36,39)/t21-,29+/m1/s1. The highest BCUT2D eigenvalue weighted by molar-refractivity contribution is 6.02. The summed E-state index contributed by atoms with van der Waals surface area (Å²) in [5.41, 5.74) is 3.64. The summed E-state index contributed by atoms with van der Waals surface area (Å²) < 4.78 is 13.3. The van der Waals surface area contributed by atoms with Gasteiger partial charge in [0, 0.05) is 11.1 Å². The number of nitrogens with one attached hydrogen (secondary N) is 2. The number of hydrogen-bond donors (Lipinski definition) is 3. The Morgan fingerprint density at radius 3 is 2.13 bits per heavy atom. The molecule has 39 heavy (non-hydrogen) atoms. The third-order valence-corrected chi connectivity index (χ3v) is 6.41. The first kappa shape index (κ1) is 27.2. The molecule has 2 amide bonds. The van der Waals surface area contributed by atoms with Crippen LogP contribution in [0.2, 0.25) is 0 Å². The predicted molar refractivity (Wildman–Crippen MR) is 147 cm³/mol. The molecule has 3 N–H and O–H groups in total. The summed E-state index contributed by atoms with van der Waals surface area (Å²) in [6.45, 7) is 1.52. The molecule has 0 spiro atoms. The zero-order chi connectivity index (χ0) is 27.8. The van der Waals surface area contributed by atoms with Crippen LogP contribution in [0.25, 0.3) is 11.1 Å². The topological polar surface area (TPSA) is 102 Å². The second-order valence-corrected chi connectivity index (χ2v) is 9.25. The quantitative estimate of drug-likeness (QED) is 0.282. The molecule has 0 saturated carbocycles. The van der Waals surface area contributed by atoms with Crippen molar-refractivity contribution >= 4 is 11.8 Å². The Labute approximate surface area is 226 Å². The molecule has 0 saturated heterocycles. The number of nitriles is 1. The van der Waals surface area contributed by atoms with E-state index in [-0.39, 0.29) is 23.6 Å². The molecular formula is C32H28FN3O3. The maximum Gasteiger partial charge on any atom is 0.251 e. The van der Waals surface area contributed by atoms with Gasteiger partial charge in [-0.1, -0.05) is 60.7 Å². The minimum atomic E-state index is -0.536. The van der Waals surface area contributed by atoms with Crippen LogP contribution in [-0.4, -0.2) is 29.6 Å². The van der Waals surface area contributed by atoms with Crippen molar-refractivity contribution in [1.82, 2.24) is 10.6 Å². The minimum absolute atomic E-state index is 0.214. The molecule has 2 atom stereocenters. The molecule has 196 valence electrons. The molecule has 6 nitrogen and oxygen atoms in total. The van der Waals surface area contributed by atoms with Crippen molar-refractivity contribution in [3.63, 3.8) is 0 Å². The van der Waals surface area contributed by atoms with Crippen LogP contribution in [0.5, 0.6) is 0 Å². The van der Waals surface area contributed by atoms with Crippen LogP contribution >= 0.6 is 0 Å². The summed E-state index contributed by atoms with van der Waals surface area (Å²) >= 11 is 0. The molecule has 4 rings (SSSR count). The van der Waals surface area contributed by atoms with Gasteiger partial charge in [0.15, 0.2) is 0 Å². The number of hydrogen-bond acceptors (Lipinski definition) is 4. The summed E-state index contributed by atoms with van der Waals surface area (Å²) in [5.74, 6) is -1.26. The zero-order valence-electron chi connectivity index (χ0n) is 21.4. The van der Waals surface area contributed by atoms with Gasteiger partial charge in [-0.2, -0.15) is 5.26 Å². The molecule has 0 heterocycles. The zero-order valence-corrected chi connectivity index (χ0v) is 21.4. The van der Waals surface area contributed by atoms with Crippen LogP contribution in [0, 0.1) is 17.1 Å². The smallest absolute Gasteiger partial charge is 0.251 e. The fourth-order valence-corrected chi connectivity index (χ4v) is 4.32. The van der Waals surface area contributed by atoms with Crippen LogP contribution in [0.15, 0.2) is 97.1 Å². The first-order chi connectivity index (χ1) is 18.9. The van der Waals surface area contributed by atoms with Gasteiger partial charge in [0.1, 0.15) is 5.82 Å². The van der Waals surface area contributed by atoms with E-state index in [9.17, 15) is 24.3 Å². The van der Waals surface area contributed by atoms with E-state index in [1.165, 1.54) is 18.2 Å². The Morgan fingerprint density at radius 1 is 0.872 bits per heavy atom. The van der Waals surface area contributed by atoms with Crippen molar-refractivity contribution in [2.24, 2.45) is 0 Å². The van der Waals surface area contributed by atoms with Crippen molar-refractivity contribution in [1.29, 1.82) is 5.26 Å². The SMILES string of the molecule is C[C@@H](NC(=O)c1cc(C(=O)N[C@H](CO)Cc2ccccc2)cc(-c2ccccc2C#N)c1)c1ccc(F)cc1. The number of benzene rings is 4. The summed E-state index contributed by atoms with van der Waals surface area (Å²) in [7, 11) is 0. The van der Waals surface area contributed by atoms with E-state index in [0.29, 0.717) is 23.1 Å². The van der Waals surface area contributed by atoms with E-state index in [1.807, 2.05) is 30.3 Å². The Balaban J connectivity index is 1.65. The number of carbonyl (C=O) groups is 2. The number of aliphatic hydroxyl groups excluding tert-OH is 1. The van der Waals surface area contributed by atoms with Gasteiger partial charge in [-0.05, 0) is 72.0 Å². The van der Waals surface area contributed by atoms with Gasteiger partial charge in [0.25, 0.3) is 11.8 Å². The number of nitrogens with zero attached hydrogens (tertiary/aromatic N) is 1. The Morgan fingerprint density at radius 2 is 1.49 bits per heavy atom. The molecule has 0 aliphatic carbocycles. The molecule has 0 unspecified atom stereocenters. The molecule has 0 aliphatic heterocycles. The van der Waals surface area contributed by atoms with Crippen molar-refractivity contribution in [3.8, 4) is 17.2 Å². The lowest BCUT2D eigenvalue weighted by Gasteiger charge is -2.18. The third kappa shape index (κ3) is 6.95. The lowest BCUT2D eigenvalue weighted by atomic mass is 9.95. The molecule has 0 bridgehead atoms. The van der Waals surface area contributed by atoms with Gasteiger partial charge in [-0.15, -0.1) is 0 Å². The van der Waals surface area contributed by atoms with E-state index >= 15 is 0 Å². The van der Waals surface area contributed by atoms with E-state index in [2.05, 4.69) is 16.7 Å². The minimum Gasteiger partial charge on any atom is -0.394 e.